The number of carbonyl (C=O) groups excluding carboxylic acids is 1. The lowest BCUT2D eigenvalue weighted by Gasteiger charge is -2.08. The number of hydrogen-bond acceptors (Lipinski definition) is 6. The third-order valence-corrected chi connectivity index (χ3v) is 6.24. The van der Waals surface area contributed by atoms with E-state index in [9.17, 15) is 4.79 Å². The van der Waals surface area contributed by atoms with Gasteiger partial charge < -0.3 is 9.73 Å². The van der Waals surface area contributed by atoms with Gasteiger partial charge in [0.2, 0.25) is 10.9 Å². The summed E-state index contributed by atoms with van der Waals surface area (Å²) >= 11 is 7.38. The lowest BCUT2D eigenvalue weighted by molar-refractivity contribution is -0.111. The van der Waals surface area contributed by atoms with Gasteiger partial charge in [-0.3, -0.25) is 4.79 Å². The molecule has 1 N–H and O–H groups in total. The van der Waals surface area contributed by atoms with E-state index >= 15 is 0 Å². The van der Waals surface area contributed by atoms with Crippen molar-refractivity contribution < 1.29 is 9.21 Å². The van der Waals surface area contributed by atoms with E-state index in [2.05, 4.69) is 20.6 Å². The average Bonchev–Trinajstić information content (AvgIpc) is 3.52. The molecule has 0 spiro atoms. The Morgan fingerprint density at radius 1 is 1.06 bits per heavy atom. The average molecular weight is 476 g/mol. The van der Waals surface area contributed by atoms with Crippen molar-refractivity contribution in [3.05, 3.63) is 82.8 Å². The molecule has 0 bridgehead atoms. The second-order valence-corrected chi connectivity index (χ2v) is 8.80. The molecule has 7 nitrogen and oxygen atoms in total. The molecule has 2 aromatic carbocycles. The second-order valence-electron chi connectivity index (χ2n) is 7.41. The Morgan fingerprint density at radius 2 is 1.85 bits per heavy atom. The first kappa shape index (κ1) is 21.1. The van der Waals surface area contributed by atoms with Gasteiger partial charge in [0.05, 0.1) is 0 Å². The molecule has 3 heterocycles. The van der Waals surface area contributed by atoms with Crippen LogP contribution in [0.2, 0.25) is 5.02 Å². The SMILES string of the molecule is Cc1ccc(-c2nn3c(C)nnc3s2)cc1NC(=O)C=Cc1ccc(-c2ccc(Cl)cc2)o1. The Hall–Kier alpha value is -3.75. The number of nitrogens with one attached hydrogen (secondary N) is 1. The van der Waals surface area contributed by atoms with Crippen molar-refractivity contribution in [3.63, 3.8) is 0 Å². The first-order chi connectivity index (χ1) is 16.0. The molecule has 0 radical (unpaired) electrons. The van der Waals surface area contributed by atoms with Gasteiger partial charge in [0.15, 0.2) is 5.82 Å². The van der Waals surface area contributed by atoms with Crippen LogP contribution in [0.5, 0.6) is 0 Å². The summed E-state index contributed by atoms with van der Waals surface area (Å²) in [4.78, 5) is 13.3. The van der Waals surface area contributed by atoms with E-state index in [0.29, 0.717) is 22.2 Å². The maximum atomic E-state index is 12.6. The summed E-state index contributed by atoms with van der Waals surface area (Å²) in [6.07, 6.45) is 3.09. The van der Waals surface area contributed by atoms with Crippen LogP contribution in [0.1, 0.15) is 17.1 Å². The minimum Gasteiger partial charge on any atom is -0.457 e. The maximum absolute atomic E-state index is 12.6. The molecule has 9 heteroatoms. The van der Waals surface area contributed by atoms with Crippen LogP contribution in [-0.2, 0) is 4.79 Å². The molecular weight excluding hydrogens is 458 g/mol. The van der Waals surface area contributed by atoms with Crippen molar-refractivity contribution in [1.29, 1.82) is 0 Å². The van der Waals surface area contributed by atoms with Crippen LogP contribution < -0.4 is 5.32 Å². The van der Waals surface area contributed by atoms with E-state index in [0.717, 1.165) is 32.5 Å². The van der Waals surface area contributed by atoms with Gasteiger partial charge in [0, 0.05) is 27.9 Å². The number of halogens is 1. The van der Waals surface area contributed by atoms with E-state index in [1.165, 1.54) is 17.4 Å². The largest absolute Gasteiger partial charge is 0.457 e. The molecule has 5 rings (SSSR count). The van der Waals surface area contributed by atoms with Crippen LogP contribution in [-0.4, -0.2) is 25.7 Å². The topological polar surface area (TPSA) is 85.3 Å². The van der Waals surface area contributed by atoms with Crippen molar-refractivity contribution in [3.8, 4) is 21.9 Å². The molecule has 0 aliphatic rings. The second kappa shape index (κ2) is 8.65. The van der Waals surface area contributed by atoms with Crippen molar-refractivity contribution >= 4 is 45.6 Å². The van der Waals surface area contributed by atoms with Crippen molar-refractivity contribution in [2.45, 2.75) is 13.8 Å². The number of furan rings is 1. The highest BCUT2D eigenvalue weighted by molar-refractivity contribution is 7.19. The van der Waals surface area contributed by atoms with Gasteiger partial charge in [-0.1, -0.05) is 35.1 Å². The molecule has 0 fully saturated rings. The minimum absolute atomic E-state index is 0.256. The standard InChI is InChI=1S/C24H18ClN5O2S/c1-14-3-4-17(23-29-30-15(2)27-28-24(30)33-23)13-20(14)26-22(31)12-10-19-9-11-21(32-19)16-5-7-18(25)8-6-16/h3-13H,1-2H3,(H,26,31). The highest BCUT2D eigenvalue weighted by atomic mass is 35.5. The van der Waals surface area contributed by atoms with Crippen molar-refractivity contribution in [2.24, 2.45) is 0 Å². The molecule has 0 aliphatic carbocycles. The number of benzene rings is 2. The lowest BCUT2D eigenvalue weighted by Crippen LogP contribution is -2.09. The Kier molecular flexibility index (Phi) is 5.53. The van der Waals surface area contributed by atoms with Crippen LogP contribution in [0, 0.1) is 13.8 Å². The van der Waals surface area contributed by atoms with E-state index < -0.39 is 0 Å². The third-order valence-electron chi connectivity index (χ3n) is 5.04. The van der Waals surface area contributed by atoms with Crippen LogP contribution in [0.3, 0.4) is 0 Å². The summed E-state index contributed by atoms with van der Waals surface area (Å²) in [7, 11) is 0. The first-order valence-electron chi connectivity index (χ1n) is 10.1. The van der Waals surface area contributed by atoms with Gasteiger partial charge in [-0.2, -0.15) is 9.61 Å². The predicted octanol–water partition coefficient (Wildman–Crippen LogP) is 6.03. The molecule has 3 aromatic heterocycles. The summed E-state index contributed by atoms with van der Waals surface area (Å²) in [5.74, 6) is 1.76. The molecule has 33 heavy (non-hydrogen) atoms. The zero-order valence-corrected chi connectivity index (χ0v) is 19.3. The van der Waals surface area contributed by atoms with E-state index in [1.54, 1.807) is 22.7 Å². The number of amides is 1. The van der Waals surface area contributed by atoms with Crippen LogP contribution in [0.4, 0.5) is 5.69 Å². The number of aromatic nitrogens is 4. The van der Waals surface area contributed by atoms with Crippen LogP contribution in [0.25, 0.3) is 32.9 Å². The number of aryl methyl sites for hydroxylation is 2. The number of fused-ring (bicyclic) bond motifs is 1. The fourth-order valence-electron chi connectivity index (χ4n) is 3.27. The molecular formula is C24H18ClN5O2S. The number of carbonyl (C=O) groups is 1. The molecule has 0 saturated heterocycles. The Morgan fingerprint density at radius 3 is 2.64 bits per heavy atom. The van der Waals surface area contributed by atoms with Gasteiger partial charge in [0.25, 0.3) is 0 Å². The fourth-order valence-corrected chi connectivity index (χ4v) is 4.27. The third kappa shape index (κ3) is 4.44. The quantitative estimate of drug-likeness (QED) is 0.313. The summed E-state index contributed by atoms with van der Waals surface area (Å²) in [6.45, 7) is 3.80. The van der Waals surface area contributed by atoms with Crippen LogP contribution >= 0.6 is 22.9 Å². The molecule has 5 aromatic rings. The summed E-state index contributed by atoms with van der Waals surface area (Å²) in [5, 5.41) is 17.1. The Labute approximate surface area is 198 Å². The highest BCUT2D eigenvalue weighted by Crippen LogP contribution is 2.29. The van der Waals surface area contributed by atoms with Gasteiger partial charge in [-0.05, 0) is 68.0 Å². The molecule has 164 valence electrons. The molecule has 0 unspecified atom stereocenters. The van der Waals surface area contributed by atoms with Gasteiger partial charge in [0.1, 0.15) is 16.5 Å². The highest BCUT2D eigenvalue weighted by Gasteiger charge is 2.12. The zero-order chi connectivity index (χ0) is 22.9. The van der Waals surface area contributed by atoms with Gasteiger partial charge >= 0.3 is 0 Å². The first-order valence-corrected chi connectivity index (χ1v) is 11.3. The number of rotatable bonds is 5. The van der Waals surface area contributed by atoms with Gasteiger partial charge in [-0.15, -0.1) is 10.2 Å². The monoisotopic (exact) mass is 475 g/mol. The van der Waals surface area contributed by atoms with Crippen molar-refractivity contribution in [1.82, 2.24) is 19.8 Å². The summed E-state index contributed by atoms with van der Waals surface area (Å²) in [5.41, 5.74) is 3.47. The van der Waals surface area contributed by atoms with E-state index in [-0.39, 0.29) is 5.91 Å². The normalized spacial score (nSPS) is 11.5. The lowest BCUT2D eigenvalue weighted by atomic mass is 10.1. The Balaban J connectivity index is 1.31. The zero-order valence-electron chi connectivity index (χ0n) is 17.7. The maximum Gasteiger partial charge on any atom is 0.248 e. The summed E-state index contributed by atoms with van der Waals surface area (Å²) in [6, 6.07) is 16.9. The summed E-state index contributed by atoms with van der Waals surface area (Å²) < 4.78 is 7.52. The predicted molar refractivity (Wildman–Crippen MR) is 130 cm³/mol. The van der Waals surface area contributed by atoms with Gasteiger partial charge in [-0.25, -0.2) is 0 Å². The molecule has 0 saturated carbocycles. The fraction of sp³-hybridized carbons (Fsp3) is 0.0833. The number of hydrogen-bond donors (Lipinski definition) is 1. The Bertz CT molecular complexity index is 1500. The van der Waals surface area contributed by atoms with Crippen molar-refractivity contribution in [2.75, 3.05) is 5.32 Å². The van der Waals surface area contributed by atoms with E-state index in [4.69, 9.17) is 16.0 Å². The molecule has 0 atom stereocenters. The van der Waals surface area contributed by atoms with Crippen LogP contribution in [0.15, 0.2) is 65.1 Å². The smallest absolute Gasteiger partial charge is 0.248 e. The van der Waals surface area contributed by atoms with E-state index in [1.807, 2.05) is 56.3 Å². The molecule has 0 aliphatic heterocycles. The number of anilines is 1. The minimum atomic E-state index is -0.256. The molecule has 1 amide bonds. The number of nitrogens with zero attached hydrogens (tertiary/aromatic N) is 4.